The number of nitrogens with zero attached hydrogens (tertiary/aromatic N) is 1. The van der Waals surface area contributed by atoms with Crippen LogP contribution in [0.25, 0.3) is 0 Å². The van der Waals surface area contributed by atoms with Gasteiger partial charge in [0.25, 0.3) is 5.91 Å². The van der Waals surface area contributed by atoms with Crippen LogP contribution in [0.4, 0.5) is 0 Å². The molecule has 0 saturated carbocycles. The summed E-state index contributed by atoms with van der Waals surface area (Å²) in [6, 6.07) is 1.78. The van der Waals surface area contributed by atoms with Gasteiger partial charge < -0.3 is 14.4 Å². The molecule has 17 heavy (non-hydrogen) atoms. The smallest absolute Gasteiger partial charge is 0.257 e. The number of carbonyl (C=O) groups excluding carboxylic acids is 1. The number of aryl methyl sites for hydroxylation is 1. The molecule has 0 radical (unpaired) electrons. The summed E-state index contributed by atoms with van der Waals surface area (Å²) in [5, 5.41) is 8.95. The summed E-state index contributed by atoms with van der Waals surface area (Å²) < 4.78 is 5.16. The standard InChI is InChI=1S/C13H19NO3/c1-10-7-12(9-17-10)13(16)14-5-2-3-11(8-14)4-6-15/h7,9,11,15H,2-6,8H2,1H3. The van der Waals surface area contributed by atoms with Crippen LogP contribution in [-0.2, 0) is 0 Å². The monoisotopic (exact) mass is 237 g/mol. The Kier molecular flexibility index (Phi) is 3.84. The molecule has 1 fully saturated rings. The maximum Gasteiger partial charge on any atom is 0.257 e. The molecule has 0 aromatic carbocycles. The number of likely N-dealkylation sites (tertiary alicyclic amines) is 1. The molecule has 1 unspecified atom stereocenters. The second-order valence-electron chi connectivity index (χ2n) is 4.72. The van der Waals surface area contributed by atoms with Crippen LogP contribution in [0.5, 0.6) is 0 Å². The van der Waals surface area contributed by atoms with Crippen molar-refractivity contribution in [1.82, 2.24) is 4.90 Å². The Hall–Kier alpha value is -1.29. The van der Waals surface area contributed by atoms with Crippen LogP contribution in [0.15, 0.2) is 16.7 Å². The third-order valence-electron chi connectivity index (χ3n) is 3.32. The molecule has 1 aromatic heterocycles. The number of rotatable bonds is 3. The van der Waals surface area contributed by atoms with Gasteiger partial charge in [-0.2, -0.15) is 0 Å². The number of aliphatic hydroxyl groups excluding tert-OH is 1. The fraction of sp³-hybridized carbons (Fsp3) is 0.615. The fourth-order valence-corrected chi connectivity index (χ4v) is 2.41. The van der Waals surface area contributed by atoms with Crippen molar-refractivity contribution in [3.8, 4) is 0 Å². The minimum absolute atomic E-state index is 0.0458. The van der Waals surface area contributed by atoms with Gasteiger partial charge >= 0.3 is 0 Å². The van der Waals surface area contributed by atoms with E-state index in [0.29, 0.717) is 11.5 Å². The van der Waals surface area contributed by atoms with Gasteiger partial charge in [-0.05, 0) is 38.2 Å². The topological polar surface area (TPSA) is 53.7 Å². The SMILES string of the molecule is Cc1cc(C(=O)N2CCCC(CCO)C2)co1. The number of furan rings is 1. The molecule has 1 atom stereocenters. The van der Waals surface area contributed by atoms with Crippen LogP contribution in [0.1, 0.15) is 35.4 Å². The summed E-state index contributed by atoms with van der Waals surface area (Å²) >= 11 is 0. The number of carbonyl (C=O) groups is 1. The molecule has 1 amide bonds. The first-order valence-electron chi connectivity index (χ1n) is 6.16. The molecule has 2 rings (SSSR count). The molecule has 94 valence electrons. The zero-order chi connectivity index (χ0) is 12.3. The van der Waals surface area contributed by atoms with E-state index in [1.54, 1.807) is 6.07 Å². The molecule has 1 aromatic rings. The summed E-state index contributed by atoms with van der Waals surface area (Å²) in [4.78, 5) is 14.0. The van der Waals surface area contributed by atoms with Gasteiger partial charge in [0.1, 0.15) is 12.0 Å². The van der Waals surface area contributed by atoms with Gasteiger partial charge in [-0.3, -0.25) is 4.79 Å². The van der Waals surface area contributed by atoms with Crippen molar-refractivity contribution in [3.63, 3.8) is 0 Å². The summed E-state index contributed by atoms with van der Waals surface area (Å²) in [6.45, 7) is 3.60. The van der Waals surface area contributed by atoms with Crippen molar-refractivity contribution >= 4 is 5.91 Å². The van der Waals surface area contributed by atoms with E-state index in [1.807, 2.05) is 11.8 Å². The van der Waals surface area contributed by atoms with Crippen LogP contribution in [0.2, 0.25) is 0 Å². The van der Waals surface area contributed by atoms with Gasteiger partial charge in [0.15, 0.2) is 0 Å². The number of amides is 1. The second kappa shape index (κ2) is 5.36. The first kappa shape index (κ1) is 12.2. The minimum atomic E-state index is 0.0458. The molecule has 0 aliphatic carbocycles. The number of hydrogen-bond acceptors (Lipinski definition) is 3. The second-order valence-corrected chi connectivity index (χ2v) is 4.72. The molecule has 1 N–H and O–H groups in total. The van der Waals surface area contributed by atoms with Gasteiger partial charge in [-0.1, -0.05) is 0 Å². The Bertz CT molecular complexity index is 384. The first-order chi connectivity index (χ1) is 8.20. The van der Waals surface area contributed by atoms with Crippen LogP contribution < -0.4 is 0 Å². The summed E-state index contributed by atoms with van der Waals surface area (Å²) in [6.07, 6.45) is 4.43. The highest BCUT2D eigenvalue weighted by Gasteiger charge is 2.24. The normalized spacial score (nSPS) is 20.6. The highest BCUT2D eigenvalue weighted by Crippen LogP contribution is 2.21. The number of aliphatic hydroxyl groups is 1. The van der Waals surface area contributed by atoms with Gasteiger partial charge in [0.2, 0.25) is 0 Å². The quantitative estimate of drug-likeness (QED) is 0.872. The molecule has 0 spiro atoms. The Morgan fingerprint density at radius 3 is 3.12 bits per heavy atom. The number of piperidine rings is 1. The lowest BCUT2D eigenvalue weighted by Crippen LogP contribution is -2.40. The minimum Gasteiger partial charge on any atom is -0.469 e. The first-order valence-corrected chi connectivity index (χ1v) is 6.16. The molecular formula is C13H19NO3. The van der Waals surface area contributed by atoms with Crippen LogP contribution in [-0.4, -0.2) is 35.6 Å². The van der Waals surface area contributed by atoms with E-state index in [1.165, 1.54) is 6.26 Å². The van der Waals surface area contributed by atoms with Gasteiger partial charge in [0.05, 0.1) is 5.56 Å². The Labute approximate surface area is 101 Å². The van der Waals surface area contributed by atoms with E-state index in [4.69, 9.17) is 9.52 Å². The molecule has 1 aliphatic heterocycles. The third-order valence-corrected chi connectivity index (χ3v) is 3.32. The van der Waals surface area contributed by atoms with E-state index in [2.05, 4.69) is 0 Å². The summed E-state index contributed by atoms with van der Waals surface area (Å²) in [7, 11) is 0. The molecule has 1 saturated heterocycles. The largest absolute Gasteiger partial charge is 0.469 e. The van der Waals surface area contributed by atoms with Gasteiger partial charge in [-0.15, -0.1) is 0 Å². The average Bonchev–Trinajstić information content (AvgIpc) is 2.76. The van der Waals surface area contributed by atoms with Crippen molar-refractivity contribution < 1.29 is 14.3 Å². The van der Waals surface area contributed by atoms with Crippen LogP contribution >= 0.6 is 0 Å². The Morgan fingerprint density at radius 1 is 1.65 bits per heavy atom. The Balaban J connectivity index is 1.99. The maximum absolute atomic E-state index is 12.2. The molecule has 4 heteroatoms. The average molecular weight is 237 g/mol. The molecule has 4 nitrogen and oxygen atoms in total. The maximum atomic E-state index is 12.2. The van der Waals surface area contributed by atoms with E-state index < -0.39 is 0 Å². The van der Waals surface area contributed by atoms with Crippen molar-refractivity contribution in [2.24, 2.45) is 5.92 Å². The van der Waals surface area contributed by atoms with Crippen LogP contribution in [0, 0.1) is 12.8 Å². The summed E-state index contributed by atoms with van der Waals surface area (Å²) in [5.74, 6) is 1.24. The van der Waals surface area contributed by atoms with Gasteiger partial charge in [0, 0.05) is 19.7 Å². The lowest BCUT2D eigenvalue weighted by Gasteiger charge is -2.32. The Morgan fingerprint density at radius 2 is 2.47 bits per heavy atom. The molecule has 2 heterocycles. The molecule has 1 aliphatic rings. The van der Waals surface area contributed by atoms with E-state index in [9.17, 15) is 4.79 Å². The predicted octanol–water partition coefficient (Wildman–Crippen LogP) is 1.82. The third kappa shape index (κ3) is 2.88. The van der Waals surface area contributed by atoms with Crippen molar-refractivity contribution in [2.45, 2.75) is 26.2 Å². The number of hydrogen-bond donors (Lipinski definition) is 1. The molecular weight excluding hydrogens is 218 g/mol. The van der Waals surface area contributed by atoms with Crippen molar-refractivity contribution in [3.05, 3.63) is 23.7 Å². The lowest BCUT2D eigenvalue weighted by atomic mass is 9.95. The predicted molar refractivity (Wildman–Crippen MR) is 63.8 cm³/mol. The van der Waals surface area contributed by atoms with E-state index in [-0.39, 0.29) is 12.5 Å². The van der Waals surface area contributed by atoms with Crippen LogP contribution in [0.3, 0.4) is 0 Å². The zero-order valence-corrected chi connectivity index (χ0v) is 10.2. The van der Waals surface area contributed by atoms with Crippen molar-refractivity contribution in [2.75, 3.05) is 19.7 Å². The lowest BCUT2D eigenvalue weighted by molar-refractivity contribution is 0.0653. The summed E-state index contributed by atoms with van der Waals surface area (Å²) in [5.41, 5.74) is 0.632. The van der Waals surface area contributed by atoms with Gasteiger partial charge in [-0.25, -0.2) is 0 Å². The van der Waals surface area contributed by atoms with E-state index in [0.717, 1.165) is 38.1 Å². The molecule has 0 bridgehead atoms. The zero-order valence-electron chi connectivity index (χ0n) is 10.2. The fourth-order valence-electron chi connectivity index (χ4n) is 2.41. The highest BCUT2D eigenvalue weighted by molar-refractivity contribution is 5.94. The highest BCUT2D eigenvalue weighted by atomic mass is 16.3. The van der Waals surface area contributed by atoms with Crippen molar-refractivity contribution in [1.29, 1.82) is 0 Å². The van der Waals surface area contributed by atoms with E-state index >= 15 is 0 Å².